The van der Waals surface area contributed by atoms with Crippen LogP contribution in [0.15, 0.2) is 18.2 Å². The van der Waals surface area contributed by atoms with Gasteiger partial charge in [-0.2, -0.15) is 0 Å². The van der Waals surface area contributed by atoms with Crippen molar-refractivity contribution >= 4 is 0 Å². The lowest BCUT2D eigenvalue weighted by Gasteiger charge is -2.16. The van der Waals surface area contributed by atoms with Crippen molar-refractivity contribution in [2.75, 3.05) is 13.2 Å². The molecule has 1 aromatic rings. The molecule has 0 aliphatic heterocycles. The van der Waals surface area contributed by atoms with Crippen molar-refractivity contribution in [3.8, 4) is 5.75 Å². The lowest BCUT2D eigenvalue weighted by molar-refractivity contribution is 0.333. The Balaban J connectivity index is 2.85. The van der Waals surface area contributed by atoms with Crippen molar-refractivity contribution in [1.29, 1.82) is 0 Å². The Labute approximate surface area is 96.6 Å². The Bertz CT molecular complexity index is 328. The molecule has 0 aliphatic carbocycles. The van der Waals surface area contributed by atoms with Crippen LogP contribution in [0.25, 0.3) is 0 Å². The number of hydrogen-bond acceptors (Lipinski definition) is 2. The van der Waals surface area contributed by atoms with E-state index in [-0.39, 0.29) is 11.7 Å². The molecule has 3 heteroatoms. The lowest BCUT2D eigenvalue weighted by atomic mass is 9.95. The zero-order valence-electron chi connectivity index (χ0n) is 10.0. The fourth-order valence-electron chi connectivity index (χ4n) is 1.77. The maximum Gasteiger partial charge on any atom is 0.123 e. The molecule has 0 fully saturated rings. The molecule has 1 aromatic carbocycles. The molecule has 2 nitrogen and oxygen atoms in total. The average Bonchev–Trinajstić information content (AvgIpc) is 2.28. The van der Waals surface area contributed by atoms with Crippen LogP contribution in [0, 0.1) is 5.82 Å². The topological polar surface area (TPSA) is 35.2 Å². The van der Waals surface area contributed by atoms with Gasteiger partial charge in [0.25, 0.3) is 0 Å². The van der Waals surface area contributed by atoms with E-state index in [4.69, 9.17) is 10.5 Å². The van der Waals surface area contributed by atoms with Gasteiger partial charge in [0.2, 0.25) is 0 Å². The highest BCUT2D eigenvalue weighted by Gasteiger charge is 2.12. The Morgan fingerprint density at radius 1 is 1.44 bits per heavy atom. The van der Waals surface area contributed by atoms with Gasteiger partial charge in [0, 0.05) is 0 Å². The van der Waals surface area contributed by atoms with Gasteiger partial charge < -0.3 is 10.5 Å². The molecular weight excluding hydrogens is 205 g/mol. The third kappa shape index (κ3) is 3.49. The van der Waals surface area contributed by atoms with E-state index in [1.807, 2.05) is 6.92 Å². The number of ether oxygens (including phenoxy) is 1. The second-order valence-corrected chi connectivity index (χ2v) is 3.95. The van der Waals surface area contributed by atoms with Gasteiger partial charge in [0.15, 0.2) is 0 Å². The van der Waals surface area contributed by atoms with Crippen molar-refractivity contribution in [2.45, 2.75) is 32.6 Å². The molecule has 1 atom stereocenters. The standard InChI is InChI=1S/C13H20FNO/c1-3-16-13-7-6-11(14)9-12(13)10(2)5-4-8-15/h6-7,9-10H,3-5,8,15H2,1-2H3. The maximum atomic E-state index is 13.2. The van der Waals surface area contributed by atoms with Crippen molar-refractivity contribution in [2.24, 2.45) is 5.73 Å². The first-order valence-corrected chi connectivity index (χ1v) is 5.81. The van der Waals surface area contributed by atoms with Crippen LogP contribution >= 0.6 is 0 Å². The van der Waals surface area contributed by atoms with Crippen LogP contribution in [-0.2, 0) is 0 Å². The van der Waals surface area contributed by atoms with Crippen LogP contribution in [0.3, 0.4) is 0 Å². The molecule has 0 bridgehead atoms. The highest BCUT2D eigenvalue weighted by atomic mass is 19.1. The van der Waals surface area contributed by atoms with E-state index in [1.165, 1.54) is 6.07 Å². The van der Waals surface area contributed by atoms with E-state index in [0.717, 1.165) is 24.2 Å². The molecule has 0 aromatic heterocycles. The average molecular weight is 225 g/mol. The summed E-state index contributed by atoms with van der Waals surface area (Å²) in [5.41, 5.74) is 6.42. The fourth-order valence-corrected chi connectivity index (χ4v) is 1.77. The summed E-state index contributed by atoms with van der Waals surface area (Å²) in [5.74, 6) is 0.854. The van der Waals surface area contributed by atoms with Gasteiger partial charge in [-0.05, 0) is 56.0 Å². The van der Waals surface area contributed by atoms with Crippen LogP contribution in [0.2, 0.25) is 0 Å². The highest BCUT2D eigenvalue weighted by Crippen LogP contribution is 2.30. The zero-order valence-corrected chi connectivity index (χ0v) is 10.0. The van der Waals surface area contributed by atoms with Gasteiger partial charge in [0.05, 0.1) is 6.61 Å². The minimum Gasteiger partial charge on any atom is -0.494 e. The summed E-state index contributed by atoms with van der Waals surface area (Å²) in [6.07, 6.45) is 1.91. The van der Waals surface area contributed by atoms with Gasteiger partial charge >= 0.3 is 0 Å². The molecule has 90 valence electrons. The van der Waals surface area contributed by atoms with Gasteiger partial charge in [0.1, 0.15) is 11.6 Å². The predicted octanol–water partition coefficient (Wildman–Crippen LogP) is 3.07. The first-order valence-electron chi connectivity index (χ1n) is 5.81. The van der Waals surface area contributed by atoms with Gasteiger partial charge in [-0.1, -0.05) is 6.92 Å². The monoisotopic (exact) mass is 225 g/mol. The number of nitrogens with two attached hydrogens (primary N) is 1. The zero-order chi connectivity index (χ0) is 12.0. The molecule has 0 aliphatic rings. The summed E-state index contributed by atoms with van der Waals surface area (Å²) in [7, 11) is 0. The molecule has 0 spiro atoms. The number of benzene rings is 1. The molecule has 0 amide bonds. The third-order valence-electron chi connectivity index (χ3n) is 2.64. The summed E-state index contributed by atoms with van der Waals surface area (Å²) in [6.45, 7) is 5.27. The number of hydrogen-bond donors (Lipinski definition) is 1. The van der Waals surface area contributed by atoms with Crippen LogP contribution in [0.5, 0.6) is 5.75 Å². The fraction of sp³-hybridized carbons (Fsp3) is 0.538. The van der Waals surface area contributed by atoms with Gasteiger partial charge in [-0.15, -0.1) is 0 Å². The summed E-state index contributed by atoms with van der Waals surface area (Å²) in [4.78, 5) is 0. The predicted molar refractivity (Wildman–Crippen MR) is 64.3 cm³/mol. The first kappa shape index (κ1) is 13.0. The summed E-state index contributed by atoms with van der Waals surface area (Å²) in [6, 6.07) is 4.70. The van der Waals surface area contributed by atoms with E-state index in [1.54, 1.807) is 12.1 Å². The maximum absolute atomic E-state index is 13.2. The molecule has 0 radical (unpaired) electrons. The van der Waals surface area contributed by atoms with E-state index in [2.05, 4.69) is 6.92 Å². The van der Waals surface area contributed by atoms with E-state index in [0.29, 0.717) is 13.2 Å². The Hall–Kier alpha value is -1.09. The molecular formula is C13H20FNO. The highest BCUT2D eigenvalue weighted by molar-refractivity contribution is 5.36. The van der Waals surface area contributed by atoms with E-state index in [9.17, 15) is 4.39 Å². The van der Waals surface area contributed by atoms with Gasteiger partial charge in [-0.3, -0.25) is 0 Å². The minimum atomic E-state index is -0.210. The molecule has 0 saturated heterocycles. The molecule has 0 saturated carbocycles. The Kier molecular flexibility index (Phi) is 5.26. The SMILES string of the molecule is CCOc1ccc(F)cc1C(C)CCCN. The van der Waals surface area contributed by atoms with Crippen LogP contribution in [0.1, 0.15) is 38.2 Å². The Morgan fingerprint density at radius 2 is 2.19 bits per heavy atom. The quantitative estimate of drug-likeness (QED) is 0.807. The minimum absolute atomic E-state index is 0.210. The van der Waals surface area contributed by atoms with Gasteiger partial charge in [-0.25, -0.2) is 4.39 Å². The second-order valence-electron chi connectivity index (χ2n) is 3.95. The third-order valence-corrected chi connectivity index (χ3v) is 2.64. The Morgan fingerprint density at radius 3 is 2.81 bits per heavy atom. The van der Waals surface area contributed by atoms with Crippen molar-refractivity contribution in [3.05, 3.63) is 29.6 Å². The largest absolute Gasteiger partial charge is 0.494 e. The van der Waals surface area contributed by atoms with Crippen molar-refractivity contribution < 1.29 is 9.13 Å². The van der Waals surface area contributed by atoms with Crippen LogP contribution in [0.4, 0.5) is 4.39 Å². The molecule has 1 unspecified atom stereocenters. The smallest absolute Gasteiger partial charge is 0.123 e. The lowest BCUT2D eigenvalue weighted by Crippen LogP contribution is -2.04. The number of rotatable bonds is 6. The van der Waals surface area contributed by atoms with Crippen molar-refractivity contribution in [1.82, 2.24) is 0 Å². The second kappa shape index (κ2) is 6.48. The summed E-state index contributed by atoms with van der Waals surface area (Å²) >= 11 is 0. The van der Waals surface area contributed by atoms with E-state index >= 15 is 0 Å². The summed E-state index contributed by atoms with van der Waals surface area (Å²) in [5, 5.41) is 0. The molecule has 0 heterocycles. The van der Waals surface area contributed by atoms with E-state index < -0.39 is 0 Å². The summed E-state index contributed by atoms with van der Waals surface area (Å²) < 4.78 is 18.7. The van der Waals surface area contributed by atoms with Crippen LogP contribution in [-0.4, -0.2) is 13.2 Å². The van der Waals surface area contributed by atoms with Crippen molar-refractivity contribution in [3.63, 3.8) is 0 Å². The normalized spacial score (nSPS) is 12.5. The molecule has 2 N–H and O–H groups in total. The van der Waals surface area contributed by atoms with Crippen LogP contribution < -0.4 is 10.5 Å². The number of halogens is 1. The molecule has 1 rings (SSSR count). The first-order chi connectivity index (χ1) is 7.69. The molecule has 16 heavy (non-hydrogen) atoms.